The largest absolute Gasteiger partial charge is 0.461 e. The first-order valence-corrected chi connectivity index (χ1v) is 3.31. The van der Waals surface area contributed by atoms with E-state index in [9.17, 15) is 8.42 Å². The molecule has 0 aromatic heterocycles. The highest BCUT2D eigenvalue weighted by Crippen LogP contribution is 1.71. The minimum absolute atomic E-state index is 0.913. The summed E-state index contributed by atoms with van der Waals surface area (Å²) in [6.07, 6.45) is 2.18. The van der Waals surface area contributed by atoms with Crippen molar-refractivity contribution >= 4 is 9.84 Å². The quantitative estimate of drug-likeness (QED) is 0.431. The second kappa shape index (κ2) is 1.85. The van der Waals surface area contributed by atoms with Crippen LogP contribution in [0.15, 0.2) is 0 Å². The summed E-state index contributed by atoms with van der Waals surface area (Å²) in [5.74, 6) is 0. The molecule has 3 nitrogen and oxygen atoms in total. The Kier molecular flexibility index (Phi) is 1.66. The molecule has 0 fully saturated rings. The van der Waals surface area contributed by atoms with Crippen molar-refractivity contribution in [2.75, 3.05) is 6.26 Å². The first kappa shape index (κ1) is 6.31. The van der Waals surface area contributed by atoms with Crippen molar-refractivity contribution in [1.29, 1.82) is 0 Å². The van der Waals surface area contributed by atoms with E-state index in [2.05, 4.69) is 0 Å². The molecule has 0 aliphatic heterocycles. The maximum Gasteiger partial charge on any atom is 0.217 e. The highest BCUT2D eigenvalue weighted by atomic mass is 32.2. The van der Waals surface area contributed by atoms with E-state index in [-0.39, 0.29) is 0 Å². The van der Waals surface area contributed by atoms with Gasteiger partial charge in [0.25, 0.3) is 0 Å². The second-order valence-electron chi connectivity index (χ2n) is 0.986. The second-order valence-corrected chi connectivity index (χ2v) is 2.73. The molecule has 0 saturated heterocycles. The van der Waals surface area contributed by atoms with Gasteiger partial charge in [-0.1, -0.05) is 0 Å². The SMILES string of the molecule is CS(=O)(=O)C#CO. The molecule has 7 heavy (non-hydrogen) atoms. The van der Waals surface area contributed by atoms with Gasteiger partial charge in [-0.25, -0.2) is 8.42 Å². The first-order chi connectivity index (χ1) is 3.06. The Balaban J connectivity index is 4.34. The minimum Gasteiger partial charge on any atom is -0.461 e. The third kappa shape index (κ3) is 5.31. The lowest BCUT2D eigenvalue weighted by molar-refractivity contribution is 0.517. The monoisotopic (exact) mass is 120 g/mol. The van der Waals surface area contributed by atoms with Crippen LogP contribution >= 0.6 is 0 Å². The van der Waals surface area contributed by atoms with Crippen LogP contribution in [0.25, 0.3) is 0 Å². The van der Waals surface area contributed by atoms with E-state index in [4.69, 9.17) is 5.11 Å². The van der Waals surface area contributed by atoms with Gasteiger partial charge in [-0.15, -0.1) is 0 Å². The van der Waals surface area contributed by atoms with Crippen LogP contribution in [0.2, 0.25) is 0 Å². The summed E-state index contributed by atoms with van der Waals surface area (Å²) >= 11 is 0. The van der Waals surface area contributed by atoms with Crippen molar-refractivity contribution in [2.24, 2.45) is 0 Å². The summed E-state index contributed by atoms with van der Waals surface area (Å²) in [4.78, 5) is 0. The Morgan fingerprint density at radius 3 is 2.00 bits per heavy atom. The average Bonchev–Trinajstić information content (AvgIpc) is 1.30. The summed E-state index contributed by atoms with van der Waals surface area (Å²) in [6.45, 7) is 0. The van der Waals surface area contributed by atoms with Crippen molar-refractivity contribution in [2.45, 2.75) is 0 Å². The summed E-state index contributed by atoms with van der Waals surface area (Å²) in [6, 6.07) is 0. The Morgan fingerprint density at radius 1 is 1.57 bits per heavy atom. The number of rotatable bonds is 0. The number of sulfone groups is 1. The maximum atomic E-state index is 9.90. The van der Waals surface area contributed by atoms with Gasteiger partial charge >= 0.3 is 0 Å². The minimum atomic E-state index is -3.29. The lowest BCUT2D eigenvalue weighted by Gasteiger charge is -1.71. The number of aliphatic hydroxyl groups is 1. The highest BCUT2D eigenvalue weighted by molar-refractivity contribution is 7.95. The van der Waals surface area contributed by atoms with Crippen LogP contribution in [0.4, 0.5) is 0 Å². The lowest BCUT2D eigenvalue weighted by Crippen LogP contribution is -1.87. The third-order valence-electron chi connectivity index (χ3n) is 0.231. The standard InChI is InChI=1S/C3H4O3S/c1-7(5,6)3-2-4/h4H,1H3. The van der Waals surface area contributed by atoms with Crippen LogP contribution in [-0.2, 0) is 9.84 Å². The molecular weight excluding hydrogens is 116 g/mol. The van der Waals surface area contributed by atoms with Crippen molar-refractivity contribution in [3.63, 3.8) is 0 Å². The number of aliphatic hydroxyl groups excluding tert-OH is 1. The van der Waals surface area contributed by atoms with E-state index >= 15 is 0 Å². The number of hydrogen-bond acceptors (Lipinski definition) is 3. The predicted molar refractivity (Wildman–Crippen MR) is 24.6 cm³/mol. The molecule has 0 bridgehead atoms. The van der Waals surface area contributed by atoms with Crippen molar-refractivity contribution in [3.8, 4) is 11.4 Å². The highest BCUT2D eigenvalue weighted by Gasteiger charge is 1.88. The molecular formula is C3H4O3S. The molecule has 1 N–H and O–H groups in total. The molecule has 0 amide bonds. The van der Waals surface area contributed by atoms with Gasteiger partial charge in [0.15, 0.2) is 0 Å². The molecule has 0 atom stereocenters. The Morgan fingerprint density at radius 2 is 2.00 bits per heavy atom. The van der Waals surface area contributed by atoms with Gasteiger partial charge in [0, 0.05) is 0 Å². The molecule has 0 aromatic rings. The molecule has 0 aliphatic carbocycles. The van der Waals surface area contributed by atoms with Crippen LogP contribution < -0.4 is 0 Å². The van der Waals surface area contributed by atoms with Gasteiger partial charge < -0.3 is 5.11 Å². The average molecular weight is 120 g/mol. The van der Waals surface area contributed by atoms with Crippen molar-refractivity contribution < 1.29 is 13.5 Å². The van der Waals surface area contributed by atoms with Crippen molar-refractivity contribution in [3.05, 3.63) is 0 Å². The molecule has 0 spiro atoms. The summed E-state index contributed by atoms with van der Waals surface area (Å²) in [5, 5.41) is 9.22. The third-order valence-corrected chi connectivity index (χ3v) is 0.693. The van der Waals surface area contributed by atoms with Gasteiger partial charge in [0.1, 0.15) is 6.11 Å². The van der Waals surface area contributed by atoms with Crippen LogP contribution in [0.3, 0.4) is 0 Å². The smallest absolute Gasteiger partial charge is 0.217 e. The molecule has 0 saturated carbocycles. The molecule has 0 radical (unpaired) electrons. The summed E-state index contributed by atoms with van der Waals surface area (Å²) < 4.78 is 19.8. The molecule has 4 heteroatoms. The molecule has 0 rings (SSSR count). The van der Waals surface area contributed by atoms with Gasteiger partial charge in [-0.2, -0.15) is 0 Å². The molecule has 0 unspecified atom stereocenters. The van der Waals surface area contributed by atoms with Crippen molar-refractivity contribution in [1.82, 2.24) is 0 Å². The zero-order valence-electron chi connectivity index (χ0n) is 3.67. The van der Waals surface area contributed by atoms with Gasteiger partial charge in [-0.3, -0.25) is 0 Å². The van der Waals surface area contributed by atoms with E-state index in [1.54, 1.807) is 5.25 Å². The fraction of sp³-hybridized carbons (Fsp3) is 0.333. The van der Waals surface area contributed by atoms with E-state index in [0.717, 1.165) is 6.26 Å². The van der Waals surface area contributed by atoms with Crippen LogP contribution in [-0.4, -0.2) is 19.8 Å². The van der Waals surface area contributed by atoms with Crippen LogP contribution in [0, 0.1) is 11.4 Å². The number of hydrogen-bond donors (Lipinski definition) is 1. The molecule has 0 aromatic carbocycles. The lowest BCUT2D eigenvalue weighted by atomic mass is 11.3. The normalized spacial score (nSPS) is 9.29. The van der Waals surface area contributed by atoms with E-state index in [1.165, 1.54) is 6.11 Å². The Bertz CT molecular complexity index is 190. The van der Waals surface area contributed by atoms with E-state index in [1.807, 2.05) is 0 Å². The zero-order valence-corrected chi connectivity index (χ0v) is 4.49. The fourth-order valence-corrected chi connectivity index (χ4v) is 0.249. The zero-order chi connectivity index (χ0) is 5.91. The summed E-state index contributed by atoms with van der Waals surface area (Å²) in [7, 11) is -3.29. The summed E-state index contributed by atoms with van der Waals surface area (Å²) in [5.41, 5.74) is 0. The fourth-order valence-electron chi connectivity index (χ4n) is 0.0829. The van der Waals surface area contributed by atoms with Crippen LogP contribution in [0.5, 0.6) is 0 Å². The Labute approximate surface area is 41.9 Å². The van der Waals surface area contributed by atoms with Crippen LogP contribution in [0.1, 0.15) is 0 Å². The molecule has 40 valence electrons. The molecule has 0 heterocycles. The van der Waals surface area contributed by atoms with Gasteiger partial charge in [0.05, 0.1) is 11.5 Å². The molecule has 0 aliphatic rings. The van der Waals surface area contributed by atoms with E-state index in [0.29, 0.717) is 0 Å². The first-order valence-electron chi connectivity index (χ1n) is 1.42. The van der Waals surface area contributed by atoms with Gasteiger partial charge in [0.2, 0.25) is 9.84 Å². The van der Waals surface area contributed by atoms with Gasteiger partial charge in [-0.05, 0) is 0 Å². The maximum absolute atomic E-state index is 9.90. The Hall–Kier alpha value is -0.690. The predicted octanol–water partition coefficient (Wildman–Crippen LogP) is -0.678. The van der Waals surface area contributed by atoms with E-state index < -0.39 is 9.84 Å². The topological polar surface area (TPSA) is 54.4 Å².